The standard InChI is InChI=1S/C13H13FN2O2S/c1-8-5-6-19-13(8)9(2)15-12-4-3-10(16(17)18)7-11(12)14/h3-7,9,15H,1-2H3. The number of non-ortho nitro benzene ring substituents is 1. The SMILES string of the molecule is Cc1ccsc1C(C)Nc1ccc([N+](=O)[O-])cc1F. The molecular formula is C13H13FN2O2S. The zero-order chi connectivity index (χ0) is 14.0. The van der Waals surface area contributed by atoms with E-state index >= 15 is 0 Å². The Labute approximate surface area is 114 Å². The molecule has 1 atom stereocenters. The number of hydrogen-bond donors (Lipinski definition) is 1. The topological polar surface area (TPSA) is 55.2 Å². The fraction of sp³-hybridized carbons (Fsp3) is 0.231. The van der Waals surface area contributed by atoms with Crippen molar-refractivity contribution in [1.29, 1.82) is 0 Å². The number of aryl methyl sites for hydroxylation is 1. The Balaban J connectivity index is 2.20. The minimum absolute atomic E-state index is 0.0454. The highest BCUT2D eigenvalue weighted by molar-refractivity contribution is 7.10. The first-order chi connectivity index (χ1) is 8.99. The van der Waals surface area contributed by atoms with E-state index in [1.54, 1.807) is 11.3 Å². The molecular weight excluding hydrogens is 267 g/mol. The van der Waals surface area contributed by atoms with Crippen molar-refractivity contribution in [2.45, 2.75) is 19.9 Å². The zero-order valence-electron chi connectivity index (χ0n) is 10.5. The van der Waals surface area contributed by atoms with Gasteiger partial charge in [-0.3, -0.25) is 10.1 Å². The van der Waals surface area contributed by atoms with E-state index in [2.05, 4.69) is 5.32 Å². The molecule has 6 heteroatoms. The van der Waals surface area contributed by atoms with Crippen LogP contribution in [0.15, 0.2) is 29.6 Å². The Morgan fingerprint density at radius 2 is 2.16 bits per heavy atom. The van der Waals surface area contributed by atoms with E-state index in [0.717, 1.165) is 16.5 Å². The third-order valence-corrected chi connectivity index (χ3v) is 4.03. The second-order valence-corrected chi connectivity index (χ2v) is 5.20. The first kappa shape index (κ1) is 13.5. The van der Waals surface area contributed by atoms with Gasteiger partial charge in [0.2, 0.25) is 0 Å². The molecule has 1 aromatic carbocycles. The number of anilines is 1. The van der Waals surface area contributed by atoms with Crippen molar-refractivity contribution >= 4 is 22.7 Å². The summed E-state index contributed by atoms with van der Waals surface area (Å²) in [6.07, 6.45) is 0. The van der Waals surface area contributed by atoms with Gasteiger partial charge in [-0.15, -0.1) is 11.3 Å². The number of nitrogens with one attached hydrogen (secondary N) is 1. The molecule has 0 saturated carbocycles. The predicted molar refractivity (Wildman–Crippen MR) is 74.1 cm³/mol. The van der Waals surface area contributed by atoms with E-state index in [0.29, 0.717) is 0 Å². The van der Waals surface area contributed by atoms with Crippen LogP contribution in [-0.4, -0.2) is 4.92 Å². The average Bonchev–Trinajstić information content (AvgIpc) is 2.77. The van der Waals surface area contributed by atoms with Crippen LogP contribution in [0.4, 0.5) is 15.8 Å². The van der Waals surface area contributed by atoms with Crippen molar-refractivity contribution in [1.82, 2.24) is 0 Å². The van der Waals surface area contributed by atoms with Crippen molar-refractivity contribution in [2.24, 2.45) is 0 Å². The van der Waals surface area contributed by atoms with Crippen LogP contribution in [-0.2, 0) is 0 Å². The molecule has 0 aliphatic carbocycles. The van der Waals surface area contributed by atoms with Crippen LogP contribution in [0.1, 0.15) is 23.4 Å². The van der Waals surface area contributed by atoms with Gasteiger partial charge in [-0.1, -0.05) is 0 Å². The van der Waals surface area contributed by atoms with Crippen LogP contribution >= 0.6 is 11.3 Å². The van der Waals surface area contributed by atoms with E-state index in [4.69, 9.17) is 0 Å². The lowest BCUT2D eigenvalue weighted by atomic mass is 10.1. The van der Waals surface area contributed by atoms with Gasteiger partial charge in [0.05, 0.1) is 22.7 Å². The van der Waals surface area contributed by atoms with Gasteiger partial charge in [-0.25, -0.2) is 4.39 Å². The number of halogens is 1. The van der Waals surface area contributed by atoms with Crippen LogP contribution in [0, 0.1) is 22.9 Å². The first-order valence-electron chi connectivity index (χ1n) is 5.73. The molecule has 19 heavy (non-hydrogen) atoms. The third-order valence-electron chi connectivity index (χ3n) is 2.83. The molecule has 0 aliphatic heterocycles. The summed E-state index contributed by atoms with van der Waals surface area (Å²) in [6, 6.07) is 5.57. The van der Waals surface area contributed by atoms with E-state index in [1.165, 1.54) is 12.1 Å². The maximum absolute atomic E-state index is 13.7. The monoisotopic (exact) mass is 280 g/mol. The summed E-state index contributed by atoms with van der Waals surface area (Å²) in [5.74, 6) is -0.616. The maximum Gasteiger partial charge on any atom is 0.272 e. The van der Waals surface area contributed by atoms with Crippen molar-refractivity contribution in [3.8, 4) is 0 Å². The Kier molecular flexibility index (Phi) is 3.80. The smallest absolute Gasteiger partial charge is 0.272 e. The van der Waals surface area contributed by atoms with Crippen LogP contribution in [0.5, 0.6) is 0 Å². The number of rotatable bonds is 4. The summed E-state index contributed by atoms with van der Waals surface area (Å²) in [4.78, 5) is 11.0. The van der Waals surface area contributed by atoms with Crippen molar-refractivity contribution < 1.29 is 9.31 Å². The first-order valence-corrected chi connectivity index (χ1v) is 6.61. The van der Waals surface area contributed by atoms with Gasteiger partial charge in [0.25, 0.3) is 5.69 Å². The molecule has 1 aromatic heterocycles. The van der Waals surface area contributed by atoms with Gasteiger partial charge < -0.3 is 5.32 Å². The lowest BCUT2D eigenvalue weighted by molar-refractivity contribution is -0.385. The Bertz CT molecular complexity index is 612. The summed E-state index contributed by atoms with van der Waals surface area (Å²) in [5.41, 5.74) is 1.17. The molecule has 1 unspecified atom stereocenters. The molecule has 4 nitrogen and oxygen atoms in total. The summed E-state index contributed by atoms with van der Waals surface area (Å²) >= 11 is 1.60. The second-order valence-electron chi connectivity index (χ2n) is 4.26. The van der Waals surface area contributed by atoms with Gasteiger partial charge in [0.1, 0.15) is 0 Å². The molecule has 1 N–H and O–H groups in total. The quantitative estimate of drug-likeness (QED) is 0.672. The molecule has 0 spiro atoms. The van der Waals surface area contributed by atoms with Gasteiger partial charge in [-0.05, 0) is 36.9 Å². The number of nitro benzene ring substituents is 1. The lowest BCUT2D eigenvalue weighted by Crippen LogP contribution is -2.07. The van der Waals surface area contributed by atoms with E-state index in [9.17, 15) is 14.5 Å². The second kappa shape index (κ2) is 5.36. The van der Waals surface area contributed by atoms with Crippen LogP contribution in [0.3, 0.4) is 0 Å². The molecule has 0 amide bonds. The lowest BCUT2D eigenvalue weighted by Gasteiger charge is -2.15. The van der Waals surface area contributed by atoms with Crippen LogP contribution in [0.2, 0.25) is 0 Å². The van der Waals surface area contributed by atoms with Gasteiger partial charge in [0.15, 0.2) is 5.82 Å². The largest absolute Gasteiger partial charge is 0.375 e. The van der Waals surface area contributed by atoms with E-state index < -0.39 is 10.7 Å². The molecule has 0 fully saturated rings. The summed E-state index contributed by atoms with van der Waals surface area (Å²) in [5, 5.41) is 15.6. The van der Waals surface area contributed by atoms with Crippen LogP contribution < -0.4 is 5.32 Å². The number of nitrogens with zero attached hydrogens (tertiary/aromatic N) is 1. The molecule has 2 rings (SSSR count). The molecule has 2 aromatic rings. The average molecular weight is 280 g/mol. The highest BCUT2D eigenvalue weighted by Gasteiger charge is 2.14. The molecule has 0 bridgehead atoms. The highest BCUT2D eigenvalue weighted by Crippen LogP contribution is 2.29. The number of hydrogen-bond acceptors (Lipinski definition) is 4. The Hall–Kier alpha value is -1.95. The Morgan fingerprint density at radius 3 is 2.68 bits per heavy atom. The molecule has 0 saturated heterocycles. The van der Waals surface area contributed by atoms with Crippen LogP contribution in [0.25, 0.3) is 0 Å². The van der Waals surface area contributed by atoms with Crippen molar-refractivity contribution in [3.63, 3.8) is 0 Å². The van der Waals surface area contributed by atoms with Crippen molar-refractivity contribution in [3.05, 3.63) is 56.0 Å². The van der Waals surface area contributed by atoms with E-state index in [1.807, 2.05) is 25.3 Å². The minimum atomic E-state index is -0.616. The Morgan fingerprint density at radius 1 is 1.42 bits per heavy atom. The highest BCUT2D eigenvalue weighted by atomic mass is 32.1. The molecule has 100 valence electrons. The zero-order valence-corrected chi connectivity index (χ0v) is 11.3. The third kappa shape index (κ3) is 2.90. The number of thiophene rings is 1. The van der Waals surface area contributed by atoms with Crippen molar-refractivity contribution in [2.75, 3.05) is 5.32 Å². The van der Waals surface area contributed by atoms with Gasteiger partial charge >= 0.3 is 0 Å². The van der Waals surface area contributed by atoms with E-state index in [-0.39, 0.29) is 17.4 Å². The number of nitro groups is 1. The summed E-state index contributed by atoms with van der Waals surface area (Å²) in [6.45, 7) is 3.93. The summed E-state index contributed by atoms with van der Waals surface area (Å²) in [7, 11) is 0. The predicted octanol–water partition coefficient (Wildman–Crippen LogP) is 4.28. The molecule has 0 radical (unpaired) electrons. The van der Waals surface area contributed by atoms with Gasteiger partial charge in [-0.2, -0.15) is 0 Å². The van der Waals surface area contributed by atoms with Gasteiger partial charge in [0, 0.05) is 10.9 Å². The normalized spacial score (nSPS) is 12.2. The maximum atomic E-state index is 13.7. The fourth-order valence-corrected chi connectivity index (χ4v) is 2.80. The number of benzene rings is 1. The summed E-state index contributed by atoms with van der Waals surface area (Å²) < 4.78 is 13.7. The molecule has 1 heterocycles. The fourth-order valence-electron chi connectivity index (χ4n) is 1.86. The molecule has 0 aliphatic rings. The minimum Gasteiger partial charge on any atom is -0.375 e.